The number of carbonyl (C=O) groups is 1. The minimum atomic E-state index is -0.860. The average molecular weight is 348 g/mol. The number of aryl methyl sites for hydroxylation is 1. The molecule has 25 heavy (non-hydrogen) atoms. The number of urea groups is 1. The molecule has 3 aromatic rings. The Balaban J connectivity index is 1.60. The summed E-state index contributed by atoms with van der Waals surface area (Å²) in [6, 6.07) is 6.94. The van der Waals surface area contributed by atoms with Crippen LogP contribution in [0.15, 0.2) is 36.4 Å². The fourth-order valence-corrected chi connectivity index (χ4v) is 2.50. The summed E-state index contributed by atoms with van der Waals surface area (Å²) in [5.41, 5.74) is 0.814. The van der Waals surface area contributed by atoms with Gasteiger partial charge in [0.25, 0.3) is 0 Å². The molecule has 0 saturated heterocycles. The van der Waals surface area contributed by atoms with Gasteiger partial charge in [0.1, 0.15) is 23.0 Å². The minimum Gasteiger partial charge on any atom is -0.337 e. The fourth-order valence-electron chi connectivity index (χ4n) is 2.50. The van der Waals surface area contributed by atoms with Gasteiger partial charge in [-0.2, -0.15) is 0 Å². The summed E-state index contributed by atoms with van der Waals surface area (Å²) in [7, 11) is 1.76. The zero-order valence-corrected chi connectivity index (χ0v) is 13.3. The lowest BCUT2D eigenvalue weighted by Crippen LogP contribution is -2.31. The van der Waals surface area contributed by atoms with Crippen LogP contribution in [0.1, 0.15) is 5.82 Å². The first-order valence-electron chi connectivity index (χ1n) is 7.55. The van der Waals surface area contributed by atoms with Crippen LogP contribution in [0.3, 0.4) is 0 Å². The quantitative estimate of drug-likeness (QED) is 0.760. The zero-order chi connectivity index (χ0) is 18.0. The predicted octanol–water partition coefficient (Wildman–Crippen LogP) is 3.35. The SMILES string of the molecule is Cn1c(CCNC(=O)Nc2ccc(F)cc2F)nc2c(F)cccc21. The molecule has 0 bridgehead atoms. The van der Waals surface area contributed by atoms with Crippen molar-refractivity contribution in [1.29, 1.82) is 0 Å². The van der Waals surface area contributed by atoms with Crippen LogP contribution in [0, 0.1) is 17.5 Å². The molecule has 0 spiro atoms. The number of halogens is 3. The monoisotopic (exact) mass is 348 g/mol. The maximum atomic E-state index is 13.7. The van der Waals surface area contributed by atoms with Gasteiger partial charge in [-0.15, -0.1) is 0 Å². The number of anilines is 1. The van der Waals surface area contributed by atoms with E-state index < -0.39 is 23.5 Å². The van der Waals surface area contributed by atoms with E-state index in [1.165, 1.54) is 6.07 Å². The average Bonchev–Trinajstić information content (AvgIpc) is 2.88. The number of aromatic nitrogens is 2. The lowest BCUT2D eigenvalue weighted by molar-refractivity contribution is 0.252. The number of para-hydroxylation sites is 1. The fraction of sp³-hybridized carbons (Fsp3) is 0.176. The van der Waals surface area contributed by atoms with Gasteiger partial charge in [-0.05, 0) is 24.3 Å². The van der Waals surface area contributed by atoms with Gasteiger partial charge in [-0.1, -0.05) is 6.07 Å². The van der Waals surface area contributed by atoms with Crippen LogP contribution in [0.4, 0.5) is 23.7 Å². The van der Waals surface area contributed by atoms with Crippen molar-refractivity contribution in [2.24, 2.45) is 7.05 Å². The number of nitrogens with one attached hydrogen (secondary N) is 2. The highest BCUT2D eigenvalue weighted by molar-refractivity contribution is 5.89. The molecule has 0 unspecified atom stereocenters. The van der Waals surface area contributed by atoms with E-state index in [-0.39, 0.29) is 17.7 Å². The highest BCUT2D eigenvalue weighted by Gasteiger charge is 2.12. The first kappa shape index (κ1) is 16.8. The first-order chi connectivity index (χ1) is 12.0. The second-order valence-electron chi connectivity index (χ2n) is 5.45. The Morgan fingerprint density at radius 1 is 1.16 bits per heavy atom. The van der Waals surface area contributed by atoms with Crippen LogP contribution in [0.5, 0.6) is 0 Å². The highest BCUT2D eigenvalue weighted by Crippen LogP contribution is 2.18. The molecule has 130 valence electrons. The number of nitrogens with zero attached hydrogens (tertiary/aromatic N) is 2. The van der Waals surface area contributed by atoms with E-state index in [4.69, 9.17) is 0 Å². The van der Waals surface area contributed by atoms with E-state index >= 15 is 0 Å². The van der Waals surface area contributed by atoms with Crippen LogP contribution >= 0.6 is 0 Å². The summed E-state index contributed by atoms with van der Waals surface area (Å²) in [6.07, 6.45) is 0.365. The Bertz CT molecular complexity index is 939. The Kier molecular flexibility index (Phi) is 4.60. The first-order valence-corrected chi connectivity index (χ1v) is 7.55. The van der Waals surface area contributed by atoms with E-state index in [1.54, 1.807) is 23.7 Å². The lowest BCUT2D eigenvalue weighted by atomic mass is 10.3. The molecule has 0 aliphatic heterocycles. The van der Waals surface area contributed by atoms with Crippen LogP contribution in [-0.4, -0.2) is 22.1 Å². The van der Waals surface area contributed by atoms with Crippen LogP contribution in [-0.2, 0) is 13.5 Å². The Hall–Kier alpha value is -3.03. The third-order valence-electron chi connectivity index (χ3n) is 3.77. The van der Waals surface area contributed by atoms with Gasteiger partial charge in [-0.25, -0.2) is 22.9 Å². The normalized spacial score (nSPS) is 10.9. The smallest absolute Gasteiger partial charge is 0.319 e. The molecule has 2 N–H and O–H groups in total. The molecule has 0 fully saturated rings. The summed E-state index contributed by atoms with van der Waals surface area (Å²) in [6.45, 7) is 0.216. The Labute approximate surface area is 141 Å². The molecule has 0 saturated carbocycles. The molecule has 5 nitrogen and oxygen atoms in total. The van der Waals surface area contributed by atoms with Crippen molar-refractivity contribution >= 4 is 22.8 Å². The van der Waals surface area contributed by atoms with E-state index in [0.717, 1.165) is 12.1 Å². The second kappa shape index (κ2) is 6.84. The van der Waals surface area contributed by atoms with Crippen molar-refractivity contribution in [3.8, 4) is 0 Å². The molecule has 2 amide bonds. The van der Waals surface area contributed by atoms with Crippen molar-refractivity contribution in [2.45, 2.75) is 6.42 Å². The highest BCUT2D eigenvalue weighted by atomic mass is 19.1. The van der Waals surface area contributed by atoms with E-state index in [0.29, 0.717) is 23.8 Å². The molecule has 0 aliphatic carbocycles. The molecule has 8 heteroatoms. The topological polar surface area (TPSA) is 59.0 Å². The van der Waals surface area contributed by atoms with Crippen LogP contribution in [0.2, 0.25) is 0 Å². The van der Waals surface area contributed by atoms with Crippen molar-refractivity contribution in [1.82, 2.24) is 14.9 Å². The molecule has 2 aromatic carbocycles. The Morgan fingerprint density at radius 3 is 2.68 bits per heavy atom. The third-order valence-corrected chi connectivity index (χ3v) is 3.77. The summed E-state index contributed by atoms with van der Waals surface area (Å²) in [4.78, 5) is 16.0. The largest absolute Gasteiger partial charge is 0.337 e. The van der Waals surface area contributed by atoms with Crippen LogP contribution < -0.4 is 10.6 Å². The van der Waals surface area contributed by atoms with Gasteiger partial charge in [-0.3, -0.25) is 0 Å². The summed E-state index contributed by atoms with van der Waals surface area (Å²) < 4.78 is 41.8. The number of benzene rings is 2. The van der Waals surface area contributed by atoms with E-state index in [2.05, 4.69) is 15.6 Å². The minimum absolute atomic E-state index is 0.122. The van der Waals surface area contributed by atoms with Gasteiger partial charge < -0.3 is 15.2 Å². The molecule has 3 rings (SSSR count). The maximum Gasteiger partial charge on any atom is 0.319 e. The number of hydrogen-bond donors (Lipinski definition) is 2. The summed E-state index contributed by atoms with van der Waals surface area (Å²) in [5.74, 6) is -1.39. The Morgan fingerprint density at radius 2 is 1.96 bits per heavy atom. The van der Waals surface area contributed by atoms with Gasteiger partial charge in [0.05, 0.1) is 11.2 Å². The van der Waals surface area contributed by atoms with Gasteiger partial charge in [0, 0.05) is 26.1 Å². The summed E-state index contributed by atoms with van der Waals surface area (Å²) >= 11 is 0. The maximum absolute atomic E-state index is 13.7. The molecular formula is C17H15F3N4O. The molecule has 1 heterocycles. The van der Waals surface area contributed by atoms with Gasteiger partial charge >= 0.3 is 6.03 Å². The lowest BCUT2D eigenvalue weighted by Gasteiger charge is -2.08. The second-order valence-corrected chi connectivity index (χ2v) is 5.45. The molecule has 1 aromatic heterocycles. The molecule has 0 aliphatic rings. The molecule has 0 radical (unpaired) electrons. The van der Waals surface area contributed by atoms with E-state index in [1.807, 2.05) is 0 Å². The van der Waals surface area contributed by atoms with E-state index in [9.17, 15) is 18.0 Å². The van der Waals surface area contributed by atoms with Crippen molar-refractivity contribution in [3.05, 3.63) is 59.7 Å². The van der Waals surface area contributed by atoms with Crippen molar-refractivity contribution in [3.63, 3.8) is 0 Å². The van der Waals surface area contributed by atoms with Crippen LogP contribution in [0.25, 0.3) is 11.0 Å². The van der Waals surface area contributed by atoms with Crippen molar-refractivity contribution < 1.29 is 18.0 Å². The number of fused-ring (bicyclic) bond motifs is 1. The zero-order valence-electron chi connectivity index (χ0n) is 13.3. The van der Waals surface area contributed by atoms with Gasteiger partial charge in [0.2, 0.25) is 0 Å². The summed E-state index contributed by atoms with van der Waals surface area (Å²) in [5, 5.41) is 4.85. The standard InChI is InChI=1S/C17H15F3N4O/c1-24-14-4-2-3-11(19)16(14)23-15(24)7-8-21-17(25)22-13-6-5-10(18)9-12(13)20/h2-6,9H,7-8H2,1H3,(H2,21,22,25). The molecule has 0 atom stereocenters. The van der Waals surface area contributed by atoms with Gasteiger partial charge in [0.15, 0.2) is 5.82 Å². The number of carbonyl (C=O) groups excluding carboxylic acids is 1. The number of rotatable bonds is 4. The number of imidazole rings is 1. The number of amides is 2. The predicted molar refractivity (Wildman–Crippen MR) is 87.8 cm³/mol. The third kappa shape index (κ3) is 3.57. The molecular weight excluding hydrogens is 333 g/mol. The van der Waals surface area contributed by atoms with Crippen molar-refractivity contribution in [2.75, 3.05) is 11.9 Å². The number of hydrogen-bond acceptors (Lipinski definition) is 2.